The molecule has 27 nitrogen and oxygen atoms in total. The number of phosphoric acid groups is 1. The molecule has 28 heteroatoms. The van der Waals surface area contributed by atoms with Gasteiger partial charge < -0.3 is 85.4 Å². The van der Waals surface area contributed by atoms with Crippen molar-refractivity contribution < 1.29 is 67.0 Å². The van der Waals surface area contributed by atoms with Gasteiger partial charge in [0, 0.05) is 120 Å². The molecule has 8 rings (SSSR count). The zero-order valence-electron chi connectivity index (χ0n) is 53.6. The third-order valence-corrected chi connectivity index (χ3v) is 22.8. The number of nitrogens with two attached hydrogens (primary N) is 6. The number of rotatable bonds is 26. The predicted octanol–water partition coefficient (Wildman–Crippen LogP) is 1.71. The van der Waals surface area contributed by atoms with E-state index >= 15 is 0 Å². The van der Waals surface area contributed by atoms with Crippen molar-refractivity contribution >= 4 is 60.2 Å². The summed E-state index contributed by atoms with van der Waals surface area (Å²) in [5.74, 6) is -6.20. The zero-order valence-corrected chi connectivity index (χ0v) is 54.5. The molecule has 1 aromatic heterocycles. The Kier molecular flexibility index (Phi) is 20.0. The standard InChI is InChI=1S/C62H96N13O14P/c1-29-20-39-40(21-30(29)2)75(28-70-39)57-52(84)53(41(27-76)87-57)89-90(85,86)88-31(3)26-69-49(83)18-19-59(8)37(22-46(66)80)56-62(11)61(10,25-48(68)82)36(14-17-45(65)79)51(74-62)33(5)55-60(9,24-47(67)81)34(12-15-43(63)77)38(71-55)23-42-58(6,7)35(13-16-44(64)78)50(72-42)32(4)54(59)73-56/h20-21,23,28,31,34-38,41,50-53,56-57,71-74,76,84H,12-19,22,24-27H2,1-11H3,(H2,63,77)(H2,64,78)(H2,65,79)(H2,66,80)(H2,67,81)(H2,68,82)(H,69,83)(H,85,86)/b42-23-,54-32-,55-33-/t31-,34-,35-,36-,37+,38?,41-,50?,51+,52-,53-,56-,57+,59-,60+,61+,62+/m1/s1. The Bertz CT molecular complexity index is 3330. The van der Waals surface area contributed by atoms with E-state index in [2.05, 4.69) is 51.5 Å². The molecule has 1 aromatic carbocycles. The van der Waals surface area contributed by atoms with Crippen LogP contribution in [0.1, 0.15) is 150 Å². The number of nitrogens with zero attached hydrogens (tertiary/aromatic N) is 2. The lowest BCUT2D eigenvalue weighted by Crippen LogP contribution is -2.64. The van der Waals surface area contributed by atoms with Gasteiger partial charge in [0.05, 0.1) is 36.1 Å². The van der Waals surface area contributed by atoms with Gasteiger partial charge in [-0.05, 0) is 125 Å². The van der Waals surface area contributed by atoms with E-state index in [9.17, 15) is 53.2 Å². The summed E-state index contributed by atoms with van der Waals surface area (Å²) in [7, 11) is -5.05. The van der Waals surface area contributed by atoms with Crippen molar-refractivity contribution in [3.05, 3.63) is 63.9 Å². The van der Waals surface area contributed by atoms with Gasteiger partial charge in [0.25, 0.3) is 0 Å². The number of hydrogen-bond donors (Lipinski definition) is 14. The van der Waals surface area contributed by atoms with E-state index in [1.54, 1.807) is 4.57 Å². The molecule has 0 radical (unpaired) electrons. The first-order valence-electron chi connectivity index (χ1n) is 31.1. The number of aliphatic hydroxyl groups is 2. The molecule has 5 fully saturated rings. The molecule has 2 aromatic rings. The van der Waals surface area contributed by atoms with Crippen LogP contribution in [0, 0.1) is 59.2 Å². The van der Waals surface area contributed by atoms with Gasteiger partial charge in [-0.1, -0.05) is 34.6 Å². The Labute approximate surface area is 525 Å². The van der Waals surface area contributed by atoms with Gasteiger partial charge in [-0.15, -0.1) is 0 Å². The SMILES string of the molecule is C/C1=C2/N[C@H]([C@H](CC(N)=O)[C@@]2(C)CCC(=O)NC[C@@H](C)OP(=O)(O)O[C@H]2[C@@H](O)[C@@H](n3cnc4cc(C)c(C)cc43)O[C@@H]2CO)[C@]2(C)N[C@@H](/C(C)=C3\NC(/C=C4\NC1[C@@H](CCC(N)=O)C4(C)C)[C@@H](CCC(N)=O)[C@]3(C)CC(N)=O)[C@@H](CCC(N)=O)[C@]2(C)CC(N)=O. The Morgan fingerprint density at radius 2 is 1.32 bits per heavy atom. The summed E-state index contributed by atoms with van der Waals surface area (Å²) in [5.41, 5.74) is 37.8. The summed E-state index contributed by atoms with van der Waals surface area (Å²) >= 11 is 0. The van der Waals surface area contributed by atoms with Crippen LogP contribution in [0.2, 0.25) is 0 Å². The number of hydrogen-bond acceptors (Lipinski definition) is 18. The highest BCUT2D eigenvalue weighted by molar-refractivity contribution is 7.47. The maximum absolute atomic E-state index is 14.4. The minimum Gasteiger partial charge on any atom is -0.394 e. The molecule has 5 saturated heterocycles. The minimum atomic E-state index is -5.05. The fraction of sp³-hybridized carbons (Fsp3) is 0.677. The summed E-state index contributed by atoms with van der Waals surface area (Å²) in [6.07, 6.45) is -3.15. The maximum atomic E-state index is 14.4. The Balaban J connectivity index is 1.18. The van der Waals surface area contributed by atoms with Crippen molar-refractivity contribution in [3.63, 3.8) is 0 Å². The van der Waals surface area contributed by atoms with E-state index in [0.29, 0.717) is 28.8 Å². The highest BCUT2D eigenvalue weighted by Crippen LogP contribution is 2.62. The molecule has 6 aliphatic rings. The highest BCUT2D eigenvalue weighted by Gasteiger charge is 2.68. The van der Waals surface area contributed by atoms with Crippen molar-refractivity contribution in [2.45, 2.75) is 207 Å². The van der Waals surface area contributed by atoms with E-state index in [-0.39, 0.29) is 76.7 Å². The van der Waals surface area contributed by atoms with Crippen LogP contribution in [0.25, 0.3) is 11.0 Å². The molecule has 0 aliphatic carbocycles. The summed E-state index contributed by atoms with van der Waals surface area (Å²) in [4.78, 5) is 109. The van der Waals surface area contributed by atoms with Crippen LogP contribution in [0.4, 0.5) is 0 Å². The zero-order chi connectivity index (χ0) is 66.7. The quantitative estimate of drug-likeness (QED) is 0.0596. The number of imidazole rings is 1. The van der Waals surface area contributed by atoms with Gasteiger partial charge in [0.1, 0.15) is 18.3 Å². The third kappa shape index (κ3) is 13.2. The number of aliphatic hydroxyl groups excluding tert-OH is 2. The van der Waals surface area contributed by atoms with Crippen molar-refractivity contribution in [1.29, 1.82) is 0 Å². The lowest BCUT2D eigenvalue weighted by Gasteiger charge is -2.49. The van der Waals surface area contributed by atoms with E-state index in [4.69, 9.17) is 48.2 Å². The molecule has 7 amide bonds. The number of ether oxygens (including phenoxy) is 1. The number of phosphoric ester groups is 1. The van der Waals surface area contributed by atoms with Crippen LogP contribution >= 0.6 is 7.82 Å². The Hall–Kier alpha value is -6.45. The normalized spacial score (nSPS) is 36.7. The molecule has 6 aliphatic heterocycles. The van der Waals surface area contributed by atoms with E-state index in [1.165, 1.54) is 13.3 Å². The first kappa shape index (κ1) is 69.4. The van der Waals surface area contributed by atoms with Gasteiger partial charge in [-0.25, -0.2) is 9.55 Å². The fourth-order valence-electron chi connectivity index (χ4n) is 16.7. The number of nitrogens with one attached hydrogen (secondary N) is 5. The van der Waals surface area contributed by atoms with E-state index in [1.807, 2.05) is 67.5 Å². The van der Waals surface area contributed by atoms with Crippen molar-refractivity contribution in [3.8, 4) is 0 Å². The Morgan fingerprint density at radius 1 is 0.744 bits per heavy atom. The molecule has 0 saturated carbocycles. The van der Waals surface area contributed by atoms with Crippen LogP contribution in [0.15, 0.2) is 52.8 Å². The van der Waals surface area contributed by atoms with Gasteiger partial charge in [0.15, 0.2) is 6.23 Å². The minimum absolute atomic E-state index is 0.0183. The van der Waals surface area contributed by atoms with Gasteiger partial charge in [-0.2, -0.15) is 0 Å². The number of primary amides is 6. The smallest absolute Gasteiger partial charge is 0.394 e. The number of carbonyl (C=O) groups excluding carboxylic acids is 7. The number of fused-ring (bicyclic) bond motifs is 10. The first-order valence-corrected chi connectivity index (χ1v) is 32.6. The lowest BCUT2D eigenvalue weighted by molar-refractivity contribution is -0.124. The fourth-order valence-corrected chi connectivity index (χ4v) is 17.8. The van der Waals surface area contributed by atoms with Crippen molar-refractivity contribution in [2.75, 3.05) is 13.2 Å². The summed E-state index contributed by atoms with van der Waals surface area (Å²) in [6, 6.07) is 1.17. The lowest BCUT2D eigenvalue weighted by atomic mass is 9.56. The largest absolute Gasteiger partial charge is 0.472 e. The summed E-state index contributed by atoms with van der Waals surface area (Å²) < 4.78 is 32.3. The van der Waals surface area contributed by atoms with Gasteiger partial charge in [-0.3, -0.25) is 42.6 Å². The molecular formula is C62H96N13O14P. The third-order valence-electron chi connectivity index (χ3n) is 21.7. The molecule has 3 unspecified atom stereocenters. The Morgan fingerprint density at radius 3 is 1.91 bits per heavy atom. The number of amides is 7. The van der Waals surface area contributed by atoms with Gasteiger partial charge in [0.2, 0.25) is 41.4 Å². The number of aryl methyl sites for hydroxylation is 2. The van der Waals surface area contributed by atoms with E-state index < -0.39 is 156 Å². The van der Waals surface area contributed by atoms with Crippen LogP contribution in [0.5, 0.6) is 0 Å². The molecule has 20 N–H and O–H groups in total. The molecule has 0 spiro atoms. The number of benzene rings is 1. The molecular weight excluding hydrogens is 1180 g/mol. The first-order chi connectivity index (χ1) is 41.8. The number of carbonyl (C=O) groups is 7. The molecule has 498 valence electrons. The molecule has 8 bridgehead atoms. The van der Waals surface area contributed by atoms with Crippen LogP contribution < -0.4 is 61.0 Å². The molecule has 90 heavy (non-hydrogen) atoms. The number of allylic oxidation sites excluding steroid dienone is 3. The topological polar surface area (TPSA) is 459 Å². The summed E-state index contributed by atoms with van der Waals surface area (Å²) in [5, 5.41) is 40.2. The maximum Gasteiger partial charge on any atom is 0.472 e. The van der Waals surface area contributed by atoms with Crippen LogP contribution in [-0.4, -0.2) is 133 Å². The predicted molar refractivity (Wildman–Crippen MR) is 332 cm³/mol. The highest BCUT2D eigenvalue weighted by atomic mass is 31.2. The molecule has 18 atom stereocenters. The van der Waals surface area contributed by atoms with Crippen molar-refractivity contribution in [1.82, 2.24) is 36.1 Å². The van der Waals surface area contributed by atoms with Gasteiger partial charge >= 0.3 is 7.82 Å². The van der Waals surface area contributed by atoms with Crippen molar-refractivity contribution in [2.24, 2.45) is 79.7 Å². The second kappa shape index (κ2) is 25.9. The van der Waals surface area contributed by atoms with Crippen LogP contribution in [0.3, 0.4) is 0 Å². The second-order valence-corrected chi connectivity index (χ2v) is 29.2. The number of aromatic nitrogens is 2. The second-order valence-electron chi connectivity index (χ2n) is 27.9. The average molecular weight is 1280 g/mol. The average Bonchev–Trinajstić information content (AvgIpc) is 1.53. The monoisotopic (exact) mass is 1280 g/mol. The van der Waals surface area contributed by atoms with E-state index in [0.717, 1.165) is 28.0 Å². The summed E-state index contributed by atoms with van der Waals surface area (Å²) in [6.45, 7) is 20.1. The van der Waals surface area contributed by atoms with Crippen LogP contribution in [-0.2, 0) is 51.9 Å². The molecule has 7 heterocycles.